The molecule has 2 N–H and O–H groups in total. The lowest BCUT2D eigenvalue weighted by atomic mass is 10.1. The number of nitrogens with two attached hydrogens (primary N) is 1. The predicted octanol–water partition coefficient (Wildman–Crippen LogP) is 1.83. The standard InChI is InChI=1S/C10H14N2/c1-9(3-2-6-11)10-4-7-12-8-5-10/h3-5,7-8H,2,6,11H2,1H3. The molecule has 0 saturated heterocycles. The molecule has 1 aromatic heterocycles. The van der Waals surface area contributed by atoms with Crippen LogP contribution in [-0.2, 0) is 0 Å². The summed E-state index contributed by atoms with van der Waals surface area (Å²) in [5.41, 5.74) is 7.89. The van der Waals surface area contributed by atoms with E-state index in [4.69, 9.17) is 5.73 Å². The van der Waals surface area contributed by atoms with E-state index in [2.05, 4.69) is 18.0 Å². The Kier molecular flexibility index (Phi) is 3.48. The Morgan fingerprint density at radius 1 is 1.50 bits per heavy atom. The lowest BCUT2D eigenvalue weighted by molar-refractivity contribution is 1.01. The van der Waals surface area contributed by atoms with Gasteiger partial charge in [0.25, 0.3) is 0 Å². The van der Waals surface area contributed by atoms with E-state index < -0.39 is 0 Å². The first-order valence-electron chi connectivity index (χ1n) is 4.12. The minimum atomic E-state index is 0.711. The third kappa shape index (κ3) is 2.47. The quantitative estimate of drug-likeness (QED) is 0.736. The highest BCUT2D eigenvalue weighted by molar-refractivity contribution is 5.62. The van der Waals surface area contributed by atoms with Crippen LogP contribution >= 0.6 is 0 Å². The molecule has 0 aromatic carbocycles. The van der Waals surface area contributed by atoms with Crippen molar-refractivity contribution >= 4 is 5.57 Å². The summed E-state index contributed by atoms with van der Waals surface area (Å²) in [5.74, 6) is 0. The van der Waals surface area contributed by atoms with Crippen LogP contribution in [0.2, 0.25) is 0 Å². The summed E-state index contributed by atoms with van der Waals surface area (Å²) < 4.78 is 0. The Hall–Kier alpha value is -1.15. The van der Waals surface area contributed by atoms with Gasteiger partial charge in [0.1, 0.15) is 0 Å². The van der Waals surface area contributed by atoms with Crippen molar-refractivity contribution in [2.45, 2.75) is 13.3 Å². The van der Waals surface area contributed by atoms with Gasteiger partial charge in [-0.1, -0.05) is 6.08 Å². The Morgan fingerprint density at radius 2 is 2.17 bits per heavy atom. The van der Waals surface area contributed by atoms with E-state index in [-0.39, 0.29) is 0 Å². The minimum Gasteiger partial charge on any atom is -0.330 e. The molecule has 0 saturated carbocycles. The number of aromatic nitrogens is 1. The molecule has 1 rings (SSSR count). The summed E-state index contributed by atoms with van der Waals surface area (Å²) in [6.45, 7) is 2.80. The molecular weight excluding hydrogens is 148 g/mol. The summed E-state index contributed by atoms with van der Waals surface area (Å²) in [6.07, 6.45) is 6.69. The lowest BCUT2D eigenvalue weighted by Crippen LogP contribution is -1.95. The largest absolute Gasteiger partial charge is 0.330 e. The van der Waals surface area contributed by atoms with Gasteiger partial charge in [-0.25, -0.2) is 0 Å². The lowest BCUT2D eigenvalue weighted by Gasteiger charge is -1.99. The van der Waals surface area contributed by atoms with E-state index in [1.807, 2.05) is 12.1 Å². The van der Waals surface area contributed by atoms with Crippen molar-refractivity contribution in [3.63, 3.8) is 0 Å². The smallest absolute Gasteiger partial charge is 0.0273 e. The van der Waals surface area contributed by atoms with Crippen molar-refractivity contribution in [1.82, 2.24) is 4.98 Å². The second-order valence-corrected chi connectivity index (χ2v) is 2.70. The van der Waals surface area contributed by atoms with E-state index in [0.29, 0.717) is 6.54 Å². The average Bonchev–Trinajstić information content (AvgIpc) is 2.15. The number of nitrogens with zero attached hydrogens (tertiary/aromatic N) is 1. The molecule has 0 radical (unpaired) electrons. The second kappa shape index (κ2) is 4.67. The molecule has 64 valence electrons. The normalized spacial score (nSPS) is 11.7. The van der Waals surface area contributed by atoms with Gasteiger partial charge in [0.15, 0.2) is 0 Å². The van der Waals surface area contributed by atoms with Crippen LogP contribution in [0.1, 0.15) is 18.9 Å². The van der Waals surface area contributed by atoms with Crippen LogP contribution in [-0.4, -0.2) is 11.5 Å². The highest BCUT2D eigenvalue weighted by Gasteiger charge is 1.91. The van der Waals surface area contributed by atoms with E-state index in [9.17, 15) is 0 Å². The Balaban J connectivity index is 2.71. The van der Waals surface area contributed by atoms with Crippen LogP contribution in [0.25, 0.3) is 5.57 Å². The molecule has 2 heteroatoms. The highest BCUT2D eigenvalue weighted by Crippen LogP contribution is 2.11. The van der Waals surface area contributed by atoms with Crippen LogP contribution in [0.15, 0.2) is 30.6 Å². The summed E-state index contributed by atoms with van der Waals surface area (Å²) in [6, 6.07) is 4.00. The molecular formula is C10H14N2. The van der Waals surface area contributed by atoms with Gasteiger partial charge in [-0.05, 0) is 43.2 Å². The molecule has 0 bridgehead atoms. The van der Waals surface area contributed by atoms with Gasteiger partial charge >= 0.3 is 0 Å². The average molecular weight is 162 g/mol. The van der Waals surface area contributed by atoms with Gasteiger partial charge in [-0.15, -0.1) is 0 Å². The fourth-order valence-corrected chi connectivity index (χ4v) is 1.03. The molecule has 2 nitrogen and oxygen atoms in total. The molecule has 0 aliphatic rings. The summed E-state index contributed by atoms with van der Waals surface area (Å²) in [5, 5.41) is 0. The SMILES string of the molecule is CC(=CCCN)c1ccncc1. The van der Waals surface area contributed by atoms with Crippen molar-refractivity contribution in [2.75, 3.05) is 6.54 Å². The van der Waals surface area contributed by atoms with Crippen molar-refractivity contribution in [1.29, 1.82) is 0 Å². The zero-order chi connectivity index (χ0) is 8.81. The molecule has 0 atom stereocenters. The van der Waals surface area contributed by atoms with Gasteiger partial charge in [0, 0.05) is 12.4 Å². The van der Waals surface area contributed by atoms with Gasteiger partial charge in [0.05, 0.1) is 0 Å². The highest BCUT2D eigenvalue weighted by atomic mass is 14.6. The number of hydrogen-bond donors (Lipinski definition) is 1. The summed E-state index contributed by atoms with van der Waals surface area (Å²) in [4.78, 5) is 3.96. The second-order valence-electron chi connectivity index (χ2n) is 2.70. The van der Waals surface area contributed by atoms with Gasteiger partial charge in [0.2, 0.25) is 0 Å². The monoisotopic (exact) mass is 162 g/mol. The van der Waals surface area contributed by atoms with E-state index in [0.717, 1.165) is 6.42 Å². The van der Waals surface area contributed by atoms with Crippen molar-refractivity contribution in [3.8, 4) is 0 Å². The number of hydrogen-bond acceptors (Lipinski definition) is 2. The predicted molar refractivity (Wildman–Crippen MR) is 51.6 cm³/mol. The Bertz CT molecular complexity index is 252. The van der Waals surface area contributed by atoms with E-state index in [1.54, 1.807) is 12.4 Å². The first-order valence-corrected chi connectivity index (χ1v) is 4.12. The van der Waals surface area contributed by atoms with Crippen LogP contribution in [0.3, 0.4) is 0 Å². The fraction of sp³-hybridized carbons (Fsp3) is 0.300. The van der Waals surface area contributed by atoms with Crippen LogP contribution in [0, 0.1) is 0 Å². The molecule has 1 aromatic rings. The maximum absolute atomic E-state index is 5.40. The van der Waals surface area contributed by atoms with E-state index >= 15 is 0 Å². The Morgan fingerprint density at radius 3 is 2.75 bits per heavy atom. The maximum Gasteiger partial charge on any atom is 0.0273 e. The van der Waals surface area contributed by atoms with Crippen LogP contribution < -0.4 is 5.73 Å². The molecule has 0 amide bonds. The maximum atomic E-state index is 5.40. The zero-order valence-electron chi connectivity index (χ0n) is 7.33. The molecule has 0 unspecified atom stereocenters. The van der Waals surface area contributed by atoms with Crippen LogP contribution in [0.4, 0.5) is 0 Å². The zero-order valence-corrected chi connectivity index (χ0v) is 7.33. The number of rotatable bonds is 3. The topological polar surface area (TPSA) is 38.9 Å². The van der Waals surface area contributed by atoms with E-state index in [1.165, 1.54) is 11.1 Å². The number of allylic oxidation sites excluding steroid dienone is 1. The third-order valence-electron chi connectivity index (χ3n) is 1.75. The first-order chi connectivity index (χ1) is 5.84. The van der Waals surface area contributed by atoms with Gasteiger partial charge in [-0.2, -0.15) is 0 Å². The fourth-order valence-electron chi connectivity index (χ4n) is 1.03. The van der Waals surface area contributed by atoms with Crippen molar-refractivity contribution < 1.29 is 0 Å². The number of pyridine rings is 1. The molecule has 1 heterocycles. The van der Waals surface area contributed by atoms with Crippen molar-refractivity contribution in [2.24, 2.45) is 5.73 Å². The first kappa shape index (κ1) is 8.94. The van der Waals surface area contributed by atoms with Crippen LogP contribution in [0.5, 0.6) is 0 Å². The molecule has 0 fully saturated rings. The summed E-state index contributed by atoms with van der Waals surface area (Å²) in [7, 11) is 0. The van der Waals surface area contributed by atoms with Gasteiger partial charge in [-0.3, -0.25) is 4.98 Å². The van der Waals surface area contributed by atoms with Gasteiger partial charge < -0.3 is 5.73 Å². The van der Waals surface area contributed by atoms with Crippen molar-refractivity contribution in [3.05, 3.63) is 36.2 Å². The third-order valence-corrected chi connectivity index (χ3v) is 1.75. The minimum absolute atomic E-state index is 0.711. The molecule has 12 heavy (non-hydrogen) atoms. The Labute approximate surface area is 73.1 Å². The molecule has 0 aliphatic heterocycles. The summed E-state index contributed by atoms with van der Waals surface area (Å²) >= 11 is 0. The molecule has 0 aliphatic carbocycles. The molecule has 0 spiro atoms.